The number of nitrogen functional groups attached to an aromatic ring is 1. The maximum Gasteiger partial charge on any atom is 0.262 e. The van der Waals surface area contributed by atoms with Gasteiger partial charge in [0.25, 0.3) is 5.91 Å². The van der Waals surface area contributed by atoms with Gasteiger partial charge in [-0.3, -0.25) is 4.79 Å². The van der Waals surface area contributed by atoms with Gasteiger partial charge in [-0.2, -0.15) is 0 Å². The quantitative estimate of drug-likeness (QED) is 0.864. The van der Waals surface area contributed by atoms with Crippen molar-refractivity contribution in [2.45, 2.75) is 13.3 Å². The third-order valence-corrected chi connectivity index (χ3v) is 3.39. The van der Waals surface area contributed by atoms with Gasteiger partial charge >= 0.3 is 0 Å². The van der Waals surface area contributed by atoms with Crippen LogP contribution in [0.1, 0.15) is 23.7 Å². The zero-order chi connectivity index (χ0) is 15.4. The van der Waals surface area contributed by atoms with Gasteiger partial charge in [0.15, 0.2) is 0 Å². The van der Waals surface area contributed by atoms with E-state index in [1.807, 2.05) is 6.92 Å². The molecule has 5 heteroatoms. The summed E-state index contributed by atoms with van der Waals surface area (Å²) in [5, 5.41) is 0.108. The summed E-state index contributed by atoms with van der Waals surface area (Å²) in [7, 11) is 0. The van der Waals surface area contributed by atoms with Crippen molar-refractivity contribution in [3.8, 4) is 0 Å². The van der Waals surface area contributed by atoms with Crippen LogP contribution < -0.4 is 10.6 Å². The molecule has 0 unspecified atom stereocenters. The van der Waals surface area contributed by atoms with Crippen molar-refractivity contribution >= 4 is 28.9 Å². The van der Waals surface area contributed by atoms with Crippen LogP contribution in [0.5, 0.6) is 0 Å². The standard InChI is InChI=1S/C16H16ClFN2O/c1-2-10-20(12-8-6-11(19)7-9-12)16(21)15-13(17)4-3-5-14(15)18/h3-9H,2,10,19H2,1H3. The second kappa shape index (κ2) is 6.59. The lowest BCUT2D eigenvalue weighted by molar-refractivity contribution is 0.0983. The average molecular weight is 307 g/mol. The molecule has 0 spiro atoms. The number of hydrogen-bond acceptors (Lipinski definition) is 2. The normalized spacial score (nSPS) is 10.4. The molecule has 2 aromatic carbocycles. The Morgan fingerprint density at radius 1 is 1.24 bits per heavy atom. The summed E-state index contributed by atoms with van der Waals surface area (Å²) in [6.07, 6.45) is 0.738. The Labute approximate surface area is 128 Å². The Morgan fingerprint density at radius 3 is 2.48 bits per heavy atom. The summed E-state index contributed by atoms with van der Waals surface area (Å²) in [6, 6.07) is 11.1. The molecule has 0 radical (unpaired) electrons. The summed E-state index contributed by atoms with van der Waals surface area (Å²) in [5.41, 5.74) is 6.81. The third kappa shape index (κ3) is 3.34. The first-order valence-corrected chi connectivity index (χ1v) is 7.03. The van der Waals surface area contributed by atoms with Gasteiger partial charge in [-0.1, -0.05) is 24.6 Å². The molecular formula is C16H16ClFN2O. The summed E-state index contributed by atoms with van der Waals surface area (Å²) in [5.74, 6) is -1.08. The number of nitrogens with two attached hydrogens (primary N) is 1. The average Bonchev–Trinajstić information content (AvgIpc) is 2.45. The highest BCUT2D eigenvalue weighted by Crippen LogP contribution is 2.25. The lowest BCUT2D eigenvalue weighted by Crippen LogP contribution is -2.32. The Bertz CT molecular complexity index is 623. The van der Waals surface area contributed by atoms with Crippen LogP contribution >= 0.6 is 11.6 Å². The predicted octanol–water partition coefficient (Wildman–Crippen LogP) is 4.12. The van der Waals surface area contributed by atoms with Crippen molar-refractivity contribution in [1.29, 1.82) is 0 Å². The van der Waals surface area contributed by atoms with E-state index in [9.17, 15) is 9.18 Å². The maximum absolute atomic E-state index is 13.9. The predicted molar refractivity (Wildman–Crippen MR) is 84.2 cm³/mol. The topological polar surface area (TPSA) is 46.3 Å². The van der Waals surface area contributed by atoms with Crippen molar-refractivity contribution in [2.24, 2.45) is 0 Å². The molecule has 110 valence electrons. The van der Waals surface area contributed by atoms with Crippen LogP contribution in [-0.4, -0.2) is 12.5 Å². The molecule has 0 aliphatic carbocycles. The zero-order valence-electron chi connectivity index (χ0n) is 11.6. The Morgan fingerprint density at radius 2 is 1.90 bits per heavy atom. The molecule has 0 aliphatic heterocycles. The number of carbonyl (C=O) groups excluding carboxylic acids is 1. The van der Waals surface area contributed by atoms with E-state index in [2.05, 4.69) is 0 Å². The Kier molecular flexibility index (Phi) is 4.81. The fourth-order valence-electron chi connectivity index (χ4n) is 2.06. The van der Waals surface area contributed by atoms with E-state index in [0.717, 1.165) is 6.42 Å². The van der Waals surface area contributed by atoms with Crippen molar-refractivity contribution < 1.29 is 9.18 Å². The minimum Gasteiger partial charge on any atom is -0.399 e. The number of hydrogen-bond donors (Lipinski definition) is 1. The van der Waals surface area contributed by atoms with E-state index >= 15 is 0 Å². The third-order valence-electron chi connectivity index (χ3n) is 3.07. The van der Waals surface area contributed by atoms with Gasteiger partial charge in [-0.25, -0.2) is 4.39 Å². The molecule has 0 aromatic heterocycles. The van der Waals surface area contributed by atoms with E-state index in [4.69, 9.17) is 17.3 Å². The van der Waals surface area contributed by atoms with Crippen LogP contribution in [0.15, 0.2) is 42.5 Å². The minimum absolute atomic E-state index is 0.107. The van der Waals surface area contributed by atoms with Gasteiger partial charge in [0.2, 0.25) is 0 Å². The van der Waals surface area contributed by atoms with Crippen LogP contribution in [0.25, 0.3) is 0 Å². The minimum atomic E-state index is -0.621. The van der Waals surface area contributed by atoms with E-state index in [1.165, 1.54) is 23.1 Å². The molecular weight excluding hydrogens is 291 g/mol. The Hall–Kier alpha value is -2.07. The van der Waals surface area contributed by atoms with E-state index in [0.29, 0.717) is 17.9 Å². The summed E-state index contributed by atoms with van der Waals surface area (Å²) in [6.45, 7) is 2.41. The van der Waals surface area contributed by atoms with Crippen molar-refractivity contribution in [1.82, 2.24) is 0 Å². The smallest absolute Gasteiger partial charge is 0.262 e. The lowest BCUT2D eigenvalue weighted by Gasteiger charge is -2.23. The number of rotatable bonds is 4. The first-order valence-electron chi connectivity index (χ1n) is 6.66. The molecule has 2 N–H and O–H groups in total. The summed E-state index contributed by atoms with van der Waals surface area (Å²) in [4.78, 5) is 14.1. The molecule has 0 heterocycles. The molecule has 0 fully saturated rings. The van der Waals surface area contributed by atoms with Gasteiger partial charge in [-0.05, 0) is 42.8 Å². The van der Waals surface area contributed by atoms with Crippen molar-refractivity contribution in [3.63, 3.8) is 0 Å². The largest absolute Gasteiger partial charge is 0.399 e. The van der Waals surface area contributed by atoms with Crippen LogP contribution in [0.3, 0.4) is 0 Å². The number of anilines is 2. The van der Waals surface area contributed by atoms with Gasteiger partial charge in [-0.15, -0.1) is 0 Å². The van der Waals surface area contributed by atoms with Crippen LogP contribution in [0, 0.1) is 5.82 Å². The molecule has 21 heavy (non-hydrogen) atoms. The van der Waals surface area contributed by atoms with Crippen molar-refractivity contribution in [3.05, 3.63) is 58.9 Å². The monoisotopic (exact) mass is 306 g/mol. The highest BCUT2D eigenvalue weighted by Gasteiger charge is 2.22. The Balaban J connectivity index is 2.42. The van der Waals surface area contributed by atoms with Crippen molar-refractivity contribution in [2.75, 3.05) is 17.2 Å². The molecule has 0 saturated heterocycles. The molecule has 2 rings (SSSR count). The molecule has 0 aliphatic rings. The second-order valence-electron chi connectivity index (χ2n) is 4.64. The SMILES string of the molecule is CCCN(C(=O)c1c(F)cccc1Cl)c1ccc(N)cc1. The van der Waals surface area contributed by atoms with Crippen LogP contribution in [0.4, 0.5) is 15.8 Å². The van der Waals surface area contributed by atoms with Crippen LogP contribution in [-0.2, 0) is 0 Å². The van der Waals surface area contributed by atoms with E-state index < -0.39 is 11.7 Å². The van der Waals surface area contributed by atoms with Gasteiger partial charge in [0.1, 0.15) is 5.82 Å². The number of carbonyl (C=O) groups is 1. The second-order valence-corrected chi connectivity index (χ2v) is 5.05. The molecule has 0 bridgehead atoms. The number of benzene rings is 2. The van der Waals surface area contributed by atoms with E-state index in [1.54, 1.807) is 24.3 Å². The number of halogens is 2. The van der Waals surface area contributed by atoms with E-state index in [-0.39, 0.29) is 10.6 Å². The lowest BCUT2D eigenvalue weighted by atomic mass is 10.1. The number of nitrogens with zero attached hydrogens (tertiary/aromatic N) is 1. The summed E-state index contributed by atoms with van der Waals surface area (Å²) >= 11 is 5.97. The van der Waals surface area contributed by atoms with Crippen LogP contribution in [0.2, 0.25) is 5.02 Å². The molecule has 1 amide bonds. The fraction of sp³-hybridized carbons (Fsp3) is 0.188. The molecule has 0 saturated carbocycles. The molecule has 0 atom stereocenters. The highest BCUT2D eigenvalue weighted by molar-refractivity contribution is 6.34. The zero-order valence-corrected chi connectivity index (χ0v) is 12.4. The highest BCUT2D eigenvalue weighted by atomic mass is 35.5. The molecule has 2 aromatic rings. The van der Waals surface area contributed by atoms with Gasteiger partial charge in [0, 0.05) is 17.9 Å². The maximum atomic E-state index is 13.9. The number of amides is 1. The first-order chi connectivity index (χ1) is 10.0. The first kappa shape index (κ1) is 15.3. The van der Waals surface area contributed by atoms with Gasteiger partial charge in [0.05, 0.1) is 10.6 Å². The summed E-state index contributed by atoms with van der Waals surface area (Å²) < 4.78 is 13.9. The molecule has 3 nitrogen and oxygen atoms in total. The van der Waals surface area contributed by atoms with Gasteiger partial charge < -0.3 is 10.6 Å². The fourth-order valence-corrected chi connectivity index (χ4v) is 2.31.